The second kappa shape index (κ2) is 47.2. The van der Waals surface area contributed by atoms with Crippen molar-refractivity contribution in [3.8, 4) is 0 Å². The molecule has 0 aromatic rings. The SMILES string of the molecule is CC/C=C\C/C=C\C/C=C\C/C=C\C/C=C\C/C=C\CCC(=O)OC(COCCC(C(=O)[O-])[N+](C)(C)C)COC(=O)CCCCCCCCCCCC/C=C\C/C=C\C/C=C\C/C=C\CC. The molecule has 0 aliphatic heterocycles. The van der Waals surface area contributed by atoms with Crippen LogP contribution in [0.4, 0.5) is 0 Å². The molecule has 0 amide bonds. The summed E-state index contributed by atoms with van der Waals surface area (Å²) in [7, 11) is 5.38. The van der Waals surface area contributed by atoms with E-state index in [0.29, 0.717) is 12.8 Å². The van der Waals surface area contributed by atoms with Crippen molar-refractivity contribution in [2.24, 2.45) is 0 Å². The number of quaternary nitrogens is 1. The Morgan fingerprint density at radius 2 is 0.833 bits per heavy atom. The fourth-order valence-corrected chi connectivity index (χ4v) is 6.73. The Morgan fingerprint density at radius 3 is 1.24 bits per heavy atom. The predicted octanol–water partition coefficient (Wildman–Crippen LogP) is 13.6. The molecule has 0 heterocycles. The maximum atomic E-state index is 12.7. The van der Waals surface area contributed by atoms with E-state index in [4.69, 9.17) is 14.2 Å². The van der Waals surface area contributed by atoms with E-state index < -0.39 is 24.1 Å². The molecule has 66 heavy (non-hydrogen) atoms. The van der Waals surface area contributed by atoms with Crippen LogP contribution in [0.2, 0.25) is 0 Å². The molecule has 2 atom stereocenters. The van der Waals surface area contributed by atoms with Gasteiger partial charge in [-0.3, -0.25) is 9.59 Å². The van der Waals surface area contributed by atoms with Crippen LogP contribution in [-0.4, -0.2) is 75.5 Å². The number of carboxylic acid groups (broad SMARTS) is 1. The van der Waals surface area contributed by atoms with Gasteiger partial charge in [0.1, 0.15) is 12.6 Å². The first kappa shape index (κ1) is 61.7. The molecule has 0 aliphatic rings. The van der Waals surface area contributed by atoms with Crippen molar-refractivity contribution in [2.45, 2.75) is 187 Å². The molecule has 0 rings (SSSR count). The minimum atomic E-state index is -1.14. The lowest BCUT2D eigenvalue weighted by atomic mass is 10.1. The van der Waals surface area contributed by atoms with Gasteiger partial charge < -0.3 is 28.6 Å². The standard InChI is InChI=1S/C58H93NO7/c1-6-8-10-12-14-16-18-20-22-24-26-27-28-29-31-32-34-36-38-40-42-44-46-48-56(60)65-53-54(52-64-51-50-55(58(62)63)59(3,4)5)66-57(61)49-47-45-43-41-39-37-35-33-30-25-23-21-19-17-15-13-11-9-7-2/h8-11,14-17,20-23,26-27,30,33,37,39,43,45,54-55H,6-7,12-13,18-19,24-25,28-29,31-32,34-36,38,40-42,44,46-53H2,1-5H3/b10-8-,11-9-,16-14-,17-15-,22-20-,23-21-,27-26-,33-30-,39-37-,45-43-. The monoisotopic (exact) mass is 916 g/mol. The molecule has 0 radical (unpaired) electrons. The summed E-state index contributed by atoms with van der Waals surface area (Å²) in [5, 5.41) is 11.7. The molecule has 0 fully saturated rings. The van der Waals surface area contributed by atoms with Gasteiger partial charge in [0, 0.05) is 19.3 Å². The molecule has 0 bridgehead atoms. The first-order valence-electron chi connectivity index (χ1n) is 25.6. The average molecular weight is 916 g/mol. The lowest BCUT2D eigenvalue weighted by molar-refractivity contribution is -0.889. The van der Waals surface area contributed by atoms with Crippen LogP contribution >= 0.6 is 0 Å². The molecule has 0 aromatic carbocycles. The highest BCUT2D eigenvalue weighted by molar-refractivity contribution is 5.70. The van der Waals surface area contributed by atoms with Crippen molar-refractivity contribution in [1.29, 1.82) is 0 Å². The zero-order chi connectivity index (χ0) is 48.4. The summed E-state index contributed by atoms with van der Waals surface area (Å²) in [5.74, 6) is -1.86. The highest BCUT2D eigenvalue weighted by Gasteiger charge is 2.25. The Kier molecular flexibility index (Phi) is 44.2. The molecular formula is C58H93NO7. The highest BCUT2D eigenvalue weighted by atomic mass is 16.6. The number of likely N-dealkylation sites (N-methyl/N-ethyl adjacent to an activating group) is 1. The van der Waals surface area contributed by atoms with E-state index >= 15 is 0 Å². The smallest absolute Gasteiger partial charge is 0.306 e. The van der Waals surface area contributed by atoms with Crippen molar-refractivity contribution < 1.29 is 38.2 Å². The second-order valence-electron chi connectivity index (χ2n) is 17.6. The molecule has 0 spiro atoms. The molecule has 8 nitrogen and oxygen atoms in total. The third kappa shape index (κ3) is 44.9. The first-order valence-corrected chi connectivity index (χ1v) is 25.6. The third-order valence-corrected chi connectivity index (χ3v) is 10.6. The van der Waals surface area contributed by atoms with Crippen LogP contribution in [0.15, 0.2) is 122 Å². The van der Waals surface area contributed by atoms with E-state index in [1.165, 1.54) is 44.9 Å². The van der Waals surface area contributed by atoms with Gasteiger partial charge in [-0.15, -0.1) is 0 Å². The zero-order valence-corrected chi connectivity index (χ0v) is 42.3. The Hall–Kier alpha value is -4.27. The van der Waals surface area contributed by atoms with Crippen LogP contribution in [0, 0.1) is 0 Å². The number of carboxylic acids is 1. The Bertz CT molecular complexity index is 1490. The number of ether oxygens (including phenoxy) is 3. The van der Waals surface area contributed by atoms with Gasteiger partial charge in [0.05, 0.1) is 40.3 Å². The van der Waals surface area contributed by atoms with Gasteiger partial charge in [-0.2, -0.15) is 0 Å². The van der Waals surface area contributed by atoms with Crippen LogP contribution in [0.25, 0.3) is 0 Å². The second-order valence-corrected chi connectivity index (χ2v) is 17.6. The molecule has 8 heteroatoms. The number of unbranched alkanes of at least 4 members (excludes halogenated alkanes) is 10. The molecule has 2 unspecified atom stereocenters. The van der Waals surface area contributed by atoms with Gasteiger partial charge in [-0.1, -0.05) is 187 Å². The first-order chi connectivity index (χ1) is 32.1. The van der Waals surface area contributed by atoms with Crippen molar-refractivity contribution in [3.05, 3.63) is 122 Å². The maximum Gasteiger partial charge on any atom is 0.306 e. The van der Waals surface area contributed by atoms with E-state index in [1.807, 2.05) is 12.2 Å². The number of nitrogens with zero attached hydrogens (tertiary/aromatic N) is 1. The molecule has 372 valence electrons. The quantitative estimate of drug-likeness (QED) is 0.0260. The minimum absolute atomic E-state index is 0.00112. The van der Waals surface area contributed by atoms with Crippen LogP contribution in [0.3, 0.4) is 0 Å². The van der Waals surface area contributed by atoms with Gasteiger partial charge >= 0.3 is 11.9 Å². The van der Waals surface area contributed by atoms with E-state index in [9.17, 15) is 19.5 Å². The Labute approximate surface area is 403 Å². The van der Waals surface area contributed by atoms with Crippen LogP contribution < -0.4 is 5.11 Å². The largest absolute Gasteiger partial charge is 0.544 e. The lowest BCUT2D eigenvalue weighted by Crippen LogP contribution is -2.55. The summed E-state index contributed by atoms with van der Waals surface area (Å²) in [6.07, 6.45) is 66.7. The molecule has 0 saturated carbocycles. The van der Waals surface area contributed by atoms with E-state index in [-0.39, 0.29) is 43.1 Å². The van der Waals surface area contributed by atoms with Gasteiger partial charge in [-0.25, -0.2) is 0 Å². The topological polar surface area (TPSA) is 102 Å². The number of allylic oxidation sites excluding steroid dienone is 20. The van der Waals surface area contributed by atoms with E-state index in [0.717, 1.165) is 89.9 Å². The molecule has 0 saturated heterocycles. The van der Waals surface area contributed by atoms with Crippen LogP contribution in [0.1, 0.15) is 174 Å². The maximum absolute atomic E-state index is 12.7. The summed E-state index contributed by atoms with van der Waals surface area (Å²) in [4.78, 5) is 37.0. The average Bonchev–Trinajstić information content (AvgIpc) is 3.28. The van der Waals surface area contributed by atoms with Crippen molar-refractivity contribution in [2.75, 3.05) is 41.0 Å². The summed E-state index contributed by atoms with van der Waals surface area (Å²) < 4.78 is 17.1. The van der Waals surface area contributed by atoms with Gasteiger partial charge in [0.15, 0.2) is 6.10 Å². The van der Waals surface area contributed by atoms with Crippen LogP contribution in [0.5, 0.6) is 0 Å². The number of rotatable bonds is 44. The summed E-state index contributed by atoms with van der Waals surface area (Å²) in [6, 6.07) is -0.748. The molecule has 0 aromatic heterocycles. The minimum Gasteiger partial charge on any atom is -0.544 e. The number of hydrogen-bond donors (Lipinski definition) is 0. The van der Waals surface area contributed by atoms with Crippen molar-refractivity contribution in [3.63, 3.8) is 0 Å². The predicted molar refractivity (Wildman–Crippen MR) is 277 cm³/mol. The Balaban J connectivity index is 4.37. The van der Waals surface area contributed by atoms with Crippen molar-refractivity contribution >= 4 is 17.9 Å². The number of carbonyl (C=O) groups excluding carboxylic acids is 3. The Morgan fingerprint density at radius 1 is 0.455 bits per heavy atom. The number of esters is 2. The fourth-order valence-electron chi connectivity index (χ4n) is 6.73. The summed E-state index contributed by atoms with van der Waals surface area (Å²) >= 11 is 0. The van der Waals surface area contributed by atoms with E-state index in [2.05, 4.69) is 123 Å². The van der Waals surface area contributed by atoms with Gasteiger partial charge in [0.2, 0.25) is 0 Å². The fraction of sp³-hybridized carbons (Fsp3) is 0.603. The lowest BCUT2D eigenvalue weighted by Gasteiger charge is -2.34. The molecular weight excluding hydrogens is 823 g/mol. The van der Waals surface area contributed by atoms with Gasteiger partial charge in [-0.05, 0) is 89.9 Å². The van der Waals surface area contributed by atoms with E-state index in [1.54, 1.807) is 21.1 Å². The van der Waals surface area contributed by atoms with Crippen molar-refractivity contribution in [1.82, 2.24) is 0 Å². The normalized spacial score (nSPS) is 13.9. The molecule has 0 N–H and O–H groups in total. The summed E-state index contributed by atoms with van der Waals surface area (Å²) in [5.41, 5.74) is 0. The zero-order valence-electron chi connectivity index (χ0n) is 42.3. The third-order valence-electron chi connectivity index (χ3n) is 10.6. The summed E-state index contributed by atoms with van der Waals surface area (Å²) in [6.45, 7) is 4.34. The van der Waals surface area contributed by atoms with Gasteiger partial charge in [0.25, 0.3) is 0 Å². The number of hydrogen-bond acceptors (Lipinski definition) is 7. The highest BCUT2D eigenvalue weighted by Crippen LogP contribution is 2.14. The van der Waals surface area contributed by atoms with Crippen LogP contribution in [-0.2, 0) is 28.6 Å². The molecule has 0 aliphatic carbocycles. The number of carbonyl (C=O) groups is 3. The number of aliphatic carboxylic acids is 1.